The molecule has 0 radical (unpaired) electrons. The van der Waals surface area contributed by atoms with Crippen molar-refractivity contribution in [3.8, 4) is 0 Å². The number of nitrogens with one attached hydrogen (secondary N) is 1. The smallest absolute Gasteiger partial charge is 0.408 e. The van der Waals surface area contributed by atoms with E-state index in [1.807, 2.05) is 24.3 Å². The summed E-state index contributed by atoms with van der Waals surface area (Å²) in [5.74, 6) is -0.619. The molecule has 0 aliphatic carbocycles. The second kappa shape index (κ2) is 8.37. The zero-order valence-corrected chi connectivity index (χ0v) is 18.2. The maximum absolute atomic E-state index is 12.6. The number of amides is 3. The molecule has 0 aromatic heterocycles. The van der Waals surface area contributed by atoms with Crippen molar-refractivity contribution in [2.24, 2.45) is 0 Å². The van der Waals surface area contributed by atoms with Crippen LogP contribution in [0.3, 0.4) is 0 Å². The third-order valence-corrected chi connectivity index (χ3v) is 4.95. The van der Waals surface area contributed by atoms with Crippen LogP contribution in [-0.4, -0.2) is 35.0 Å². The number of rotatable bonds is 5. The highest BCUT2D eigenvalue weighted by molar-refractivity contribution is 9.10. The quantitative estimate of drug-likeness (QED) is 0.658. The predicted octanol–water partition coefficient (Wildman–Crippen LogP) is 4.70. The molecule has 7 heteroatoms. The number of hydrogen-bond acceptors (Lipinski definition) is 4. The summed E-state index contributed by atoms with van der Waals surface area (Å²) in [6.07, 6.45) is -0.189. The molecule has 3 rings (SSSR count). The molecule has 2 aromatic rings. The van der Waals surface area contributed by atoms with Crippen molar-refractivity contribution in [2.45, 2.75) is 38.8 Å². The summed E-state index contributed by atoms with van der Waals surface area (Å²) in [4.78, 5) is 38.8. The van der Waals surface area contributed by atoms with Crippen molar-refractivity contribution in [3.63, 3.8) is 0 Å². The standard InChI is InChI=1S/C22H23BrN2O4/c1-22(2,3)29-21(28)24-18(14-7-6-8-15(23)13-14)11-12-25-19(26)16-9-4-5-10-17(16)20(25)27/h4-10,13,18H,11-12H2,1-3H3,(H,24,28)/t18-/m1/s1. The van der Waals surface area contributed by atoms with E-state index in [2.05, 4.69) is 21.2 Å². The summed E-state index contributed by atoms with van der Waals surface area (Å²) in [6.45, 7) is 5.55. The van der Waals surface area contributed by atoms with Crippen LogP contribution in [0.5, 0.6) is 0 Å². The summed E-state index contributed by atoms with van der Waals surface area (Å²) >= 11 is 3.44. The molecule has 6 nitrogen and oxygen atoms in total. The minimum Gasteiger partial charge on any atom is -0.444 e. The monoisotopic (exact) mass is 458 g/mol. The average molecular weight is 459 g/mol. The fraction of sp³-hybridized carbons (Fsp3) is 0.318. The van der Waals surface area contributed by atoms with Crippen LogP contribution in [0.15, 0.2) is 53.0 Å². The largest absolute Gasteiger partial charge is 0.444 e. The second-order valence-corrected chi connectivity index (χ2v) is 8.77. The zero-order chi connectivity index (χ0) is 21.2. The number of ether oxygens (including phenoxy) is 1. The van der Waals surface area contributed by atoms with E-state index in [1.54, 1.807) is 45.0 Å². The third kappa shape index (κ3) is 5.03. The van der Waals surface area contributed by atoms with Gasteiger partial charge in [0.25, 0.3) is 11.8 Å². The van der Waals surface area contributed by atoms with Gasteiger partial charge in [0.05, 0.1) is 17.2 Å². The Morgan fingerprint density at radius 2 is 1.69 bits per heavy atom. The normalized spacial score (nSPS) is 14.6. The first-order valence-corrected chi connectivity index (χ1v) is 10.2. The summed E-state index contributed by atoms with van der Waals surface area (Å²) < 4.78 is 6.24. The van der Waals surface area contributed by atoms with E-state index < -0.39 is 17.7 Å². The number of carbonyl (C=O) groups excluding carboxylic acids is 3. The first kappa shape index (κ1) is 21.0. The molecule has 0 saturated heterocycles. The van der Waals surface area contributed by atoms with Crippen molar-refractivity contribution in [1.82, 2.24) is 10.2 Å². The molecule has 2 aromatic carbocycles. The Balaban J connectivity index is 1.76. The van der Waals surface area contributed by atoms with Gasteiger partial charge < -0.3 is 10.1 Å². The third-order valence-electron chi connectivity index (χ3n) is 4.46. The minimum atomic E-state index is -0.631. The fourth-order valence-corrected chi connectivity index (χ4v) is 3.61. The zero-order valence-electron chi connectivity index (χ0n) is 16.6. The first-order chi connectivity index (χ1) is 13.7. The van der Waals surface area contributed by atoms with Crippen molar-refractivity contribution in [3.05, 3.63) is 69.7 Å². The van der Waals surface area contributed by atoms with Gasteiger partial charge in [0, 0.05) is 11.0 Å². The molecule has 1 atom stereocenters. The van der Waals surface area contributed by atoms with Gasteiger partial charge in [-0.3, -0.25) is 14.5 Å². The maximum Gasteiger partial charge on any atom is 0.408 e. The summed E-state index contributed by atoms with van der Waals surface area (Å²) in [5, 5.41) is 2.86. The fourth-order valence-electron chi connectivity index (χ4n) is 3.20. The van der Waals surface area contributed by atoms with E-state index in [9.17, 15) is 14.4 Å². The molecular weight excluding hydrogens is 436 g/mol. The van der Waals surface area contributed by atoms with Gasteiger partial charge in [0.15, 0.2) is 0 Å². The Labute approximate surface area is 178 Å². The molecule has 1 aliphatic heterocycles. The van der Waals surface area contributed by atoms with Gasteiger partial charge in [-0.25, -0.2) is 4.79 Å². The number of fused-ring (bicyclic) bond motifs is 1. The van der Waals surface area contributed by atoms with Gasteiger partial charge >= 0.3 is 6.09 Å². The highest BCUT2D eigenvalue weighted by Crippen LogP contribution is 2.26. The lowest BCUT2D eigenvalue weighted by molar-refractivity contribution is 0.0498. The van der Waals surface area contributed by atoms with Gasteiger partial charge in [-0.2, -0.15) is 0 Å². The number of benzene rings is 2. The average Bonchev–Trinajstić information content (AvgIpc) is 2.88. The number of carbonyl (C=O) groups is 3. The molecule has 1 heterocycles. The van der Waals surface area contributed by atoms with Crippen molar-refractivity contribution >= 4 is 33.8 Å². The SMILES string of the molecule is CC(C)(C)OC(=O)N[C@H](CCN1C(=O)c2ccccc2C1=O)c1cccc(Br)c1. The number of halogens is 1. The van der Waals surface area contributed by atoms with Crippen molar-refractivity contribution in [2.75, 3.05) is 6.54 Å². The summed E-state index contributed by atoms with van der Waals surface area (Å²) in [7, 11) is 0. The van der Waals surface area contributed by atoms with Crippen molar-refractivity contribution < 1.29 is 19.1 Å². The molecule has 0 spiro atoms. The Bertz CT molecular complexity index is 917. The van der Waals surface area contributed by atoms with Gasteiger partial charge in [-0.1, -0.05) is 40.2 Å². The number of alkyl carbamates (subject to hydrolysis) is 1. The van der Waals surface area contributed by atoms with Crippen molar-refractivity contribution in [1.29, 1.82) is 0 Å². The lowest BCUT2D eigenvalue weighted by Gasteiger charge is -2.25. The molecule has 29 heavy (non-hydrogen) atoms. The van der Waals surface area contributed by atoms with Gasteiger partial charge in [0.2, 0.25) is 0 Å². The van der Waals surface area contributed by atoms with Crippen LogP contribution in [0.1, 0.15) is 59.5 Å². The maximum atomic E-state index is 12.6. The van der Waals surface area contributed by atoms with E-state index in [0.717, 1.165) is 10.0 Å². The van der Waals surface area contributed by atoms with Gasteiger partial charge in [0.1, 0.15) is 5.60 Å². The molecule has 0 bridgehead atoms. The molecule has 0 saturated carbocycles. The van der Waals surface area contributed by atoms with E-state index in [1.165, 1.54) is 4.90 Å². The highest BCUT2D eigenvalue weighted by Gasteiger charge is 2.35. The summed E-state index contributed by atoms with van der Waals surface area (Å²) in [6, 6.07) is 13.9. The molecule has 0 unspecified atom stereocenters. The van der Waals surface area contributed by atoms with Crippen LogP contribution < -0.4 is 5.32 Å². The van der Waals surface area contributed by atoms with Gasteiger partial charge in [-0.15, -0.1) is 0 Å². The molecule has 1 aliphatic rings. The molecule has 1 N–H and O–H groups in total. The minimum absolute atomic E-state index is 0.180. The number of hydrogen-bond donors (Lipinski definition) is 1. The molecule has 152 valence electrons. The van der Waals surface area contributed by atoms with Crippen LogP contribution in [0.4, 0.5) is 4.79 Å². The Kier molecular flexibility index (Phi) is 6.07. The molecule has 0 fully saturated rings. The lowest BCUT2D eigenvalue weighted by Crippen LogP contribution is -2.38. The molecular formula is C22H23BrN2O4. The Morgan fingerprint density at radius 1 is 1.07 bits per heavy atom. The van der Waals surface area contributed by atoms with Crippen LogP contribution in [0.2, 0.25) is 0 Å². The first-order valence-electron chi connectivity index (χ1n) is 9.36. The van der Waals surface area contributed by atoms with Crippen LogP contribution >= 0.6 is 15.9 Å². The van der Waals surface area contributed by atoms with Crippen LogP contribution in [-0.2, 0) is 4.74 Å². The Morgan fingerprint density at radius 3 is 2.24 bits per heavy atom. The molecule has 3 amide bonds. The Hall–Kier alpha value is -2.67. The van der Waals surface area contributed by atoms with E-state index in [0.29, 0.717) is 17.5 Å². The van der Waals surface area contributed by atoms with Crippen LogP contribution in [0, 0.1) is 0 Å². The number of imide groups is 1. The van der Waals surface area contributed by atoms with Gasteiger partial charge in [-0.05, 0) is 57.0 Å². The second-order valence-electron chi connectivity index (χ2n) is 7.85. The van der Waals surface area contributed by atoms with Crippen LogP contribution in [0.25, 0.3) is 0 Å². The van der Waals surface area contributed by atoms with E-state index >= 15 is 0 Å². The number of nitrogens with zero attached hydrogens (tertiary/aromatic N) is 1. The topological polar surface area (TPSA) is 75.7 Å². The highest BCUT2D eigenvalue weighted by atomic mass is 79.9. The predicted molar refractivity (Wildman–Crippen MR) is 113 cm³/mol. The van der Waals surface area contributed by atoms with E-state index in [4.69, 9.17) is 4.74 Å². The summed E-state index contributed by atoms with van der Waals surface area (Å²) in [5.41, 5.74) is 1.05. The van der Waals surface area contributed by atoms with E-state index in [-0.39, 0.29) is 18.4 Å². The lowest BCUT2D eigenvalue weighted by atomic mass is 10.0.